The number of methoxy groups -OCH3 is 1. The second kappa shape index (κ2) is 12.3. The number of carboxylic acids is 1. The summed E-state index contributed by atoms with van der Waals surface area (Å²) < 4.78 is 83.2. The summed E-state index contributed by atoms with van der Waals surface area (Å²) in [7, 11) is -4.39. The monoisotopic (exact) mass is 670 g/mol. The highest BCUT2D eigenvalue weighted by Gasteiger charge is 2.52. The molecule has 4 atom stereocenters. The predicted octanol–water partition coefficient (Wildman–Crippen LogP) is 4.45. The Hall–Kier alpha value is -4.12. The Balaban J connectivity index is 1.37. The van der Waals surface area contributed by atoms with Crippen LogP contribution in [-0.2, 0) is 25.8 Å². The number of halogens is 4. The van der Waals surface area contributed by atoms with E-state index in [9.17, 15) is 36.0 Å². The predicted molar refractivity (Wildman–Crippen MR) is 152 cm³/mol. The molecule has 240 valence electrons. The summed E-state index contributed by atoms with van der Waals surface area (Å²) in [6.45, 7) is 0. The van der Waals surface area contributed by atoms with Crippen LogP contribution in [0.1, 0.15) is 41.0 Å². The number of ether oxygens (including phenoxy) is 1. The lowest BCUT2D eigenvalue weighted by atomic mass is 9.83. The second-order valence-corrected chi connectivity index (χ2v) is 13.8. The molecule has 11 nitrogen and oxygen atoms in total. The molecule has 2 aliphatic carbocycles. The van der Waals surface area contributed by atoms with Crippen molar-refractivity contribution in [3.8, 4) is 16.3 Å². The lowest BCUT2D eigenvalue weighted by Gasteiger charge is -2.31. The molecule has 2 saturated carbocycles. The number of aliphatic carboxylic acids is 1. The summed E-state index contributed by atoms with van der Waals surface area (Å²) in [5.74, 6) is -4.14. The molecule has 1 heterocycles. The topological polar surface area (TPSA) is 165 Å². The Morgan fingerprint density at radius 2 is 1.84 bits per heavy atom. The molecule has 1 aromatic heterocycles. The van der Waals surface area contributed by atoms with Crippen molar-refractivity contribution in [3.05, 3.63) is 52.8 Å². The zero-order valence-corrected chi connectivity index (χ0v) is 25.1. The van der Waals surface area contributed by atoms with Gasteiger partial charge in [-0.15, -0.1) is 10.2 Å². The normalized spacial score (nSPS) is 21.0. The fraction of sp³-hybridized carbons (Fsp3) is 0.393. The fourth-order valence-electron chi connectivity index (χ4n) is 5.95. The van der Waals surface area contributed by atoms with Gasteiger partial charge in [-0.1, -0.05) is 17.4 Å². The summed E-state index contributed by atoms with van der Waals surface area (Å²) in [6, 6.07) is 5.42. The van der Waals surface area contributed by atoms with Crippen molar-refractivity contribution in [1.82, 2.24) is 15.5 Å². The van der Waals surface area contributed by atoms with E-state index in [-0.39, 0.29) is 52.2 Å². The van der Waals surface area contributed by atoms with Gasteiger partial charge in [0.2, 0.25) is 5.91 Å². The number of nitrogens with zero attached hydrogens (tertiary/aromatic N) is 2. The molecule has 2 fully saturated rings. The minimum atomic E-state index is -5.64. The summed E-state index contributed by atoms with van der Waals surface area (Å²) >= 11 is 0.977. The van der Waals surface area contributed by atoms with Crippen LogP contribution in [0.15, 0.2) is 41.3 Å². The molecule has 0 spiro atoms. The average molecular weight is 671 g/mol. The number of aryl methyl sites for hydroxylation is 1. The Morgan fingerprint density at radius 1 is 1.11 bits per heavy atom. The van der Waals surface area contributed by atoms with Gasteiger partial charge in [-0.3, -0.25) is 14.4 Å². The molecule has 0 saturated heterocycles. The van der Waals surface area contributed by atoms with Crippen molar-refractivity contribution in [3.63, 3.8) is 0 Å². The standard InChI is InChI=1S/C28H26F4N4O7S2/c1-43-20-12-19(29)17(27-36-35-21(44-27)7-8-22(37)38)11-18(20)25(39)34-24-14-6-5-13(9-14)23(24)26(40)33-15-3-2-4-16(10-15)45(41,42)28(30,31)32/h2-4,10-14,23-24H,5-9H2,1H3,(H,33,40)(H,34,39)(H,37,38)/t13-,14+,23?,24-/m1/s1. The Kier molecular flexibility index (Phi) is 8.86. The highest BCUT2D eigenvalue weighted by atomic mass is 32.2. The number of hydrogen-bond acceptors (Lipinski definition) is 9. The Bertz CT molecular complexity index is 1760. The number of nitrogens with one attached hydrogen (secondary N) is 2. The lowest BCUT2D eigenvalue weighted by Crippen LogP contribution is -2.48. The van der Waals surface area contributed by atoms with Crippen LogP contribution in [0.3, 0.4) is 0 Å². The summed E-state index contributed by atoms with van der Waals surface area (Å²) in [6.07, 6.45) is 1.91. The number of carboxylic acid groups (broad SMARTS) is 1. The molecule has 0 aliphatic heterocycles. The molecule has 2 aliphatic rings. The van der Waals surface area contributed by atoms with Crippen LogP contribution in [0.4, 0.5) is 23.2 Å². The van der Waals surface area contributed by atoms with Gasteiger partial charge in [-0.05, 0) is 55.4 Å². The van der Waals surface area contributed by atoms with Gasteiger partial charge in [0.05, 0.1) is 29.9 Å². The first-order valence-corrected chi connectivity index (χ1v) is 15.9. The molecule has 0 radical (unpaired) electrons. The first-order valence-electron chi connectivity index (χ1n) is 13.6. The van der Waals surface area contributed by atoms with E-state index < -0.39 is 55.8 Å². The number of anilines is 1. The highest BCUT2D eigenvalue weighted by Crippen LogP contribution is 2.49. The van der Waals surface area contributed by atoms with Crippen LogP contribution in [0, 0.1) is 23.6 Å². The number of benzene rings is 2. The third-order valence-corrected chi connectivity index (χ3v) is 10.5. The molecule has 1 unspecified atom stereocenters. The van der Waals surface area contributed by atoms with Crippen LogP contribution in [0.5, 0.6) is 5.75 Å². The summed E-state index contributed by atoms with van der Waals surface area (Å²) in [5, 5.41) is 22.6. The van der Waals surface area contributed by atoms with Gasteiger partial charge < -0.3 is 20.5 Å². The van der Waals surface area contributed by atoms with Gasteiger partial charge >= 0.3 is 11.5 Å². The maximum Gasteiger partial charge on any atom is 0.501 e. The third kappa shape index (κ3) is 6.49. The van der Waals surface area contributed by atoms with Gasteiger partial charge in [0.15, 0.2) is 5.01 Å². The number of aromatic nitrogens is 2. The van der Waals surface area contributed by atoms with E-state index in [0.29, 0.717) is 24.3 Å². The number of hydrogen-bond donors (Lipinski definition) is 3. The number of carbonyl (C=O) groups excluding carboxylic acids is 2. The van der Waals surface area contributed by atoms with Gasteiger partial charge in [-0.25, -0.2) is 12.8 Å². The minimum Gasteiger partial charge on any atom is -0.496 e. The van der Waals surface area contributed by atoms with E-state index in [1.807, 2.05) is 0 Å². The Morgan fingerprint density at radius 3 is 2.53 bits per heavy atom. The third-order valence-electron chi connectivity index (χ3n) is 8.02. The maximum absolute atomic E-state index is 15.0. The summed E-state index contributed by atoms with van der Waals surface area (Å²) in [5.41, 5.74) is -5.78. The molecule has 2 amide bonds. The van der Waals surface area contributed by atoms with Crippen molar-refractivity contribution in [1.29, 1.82) is 0 Å². The zero-order chi connectivity index (χ0) is 32.7. The molecule has 45 heavy (non-hydrogen) atoms. The first kappa shape index (κ1) is 32.3. The molecular weight excluding hydrogens is 644 g/mol. The quantitative estimate of drug-likeness (QED) is 0.265. The van der Waals surface area contributed by atoms with Gasteiger partial charge in [0, 0.05) is 29.8 Å². The van der Waals surface area contributed by atoms with Gasteiger partial charge in [0.1, 0.15) is 16.6 Å². The minimum absolute atomic E-state index is 0.0526. The van der Waals surface area contributed by atoms with E-state index in [0.717, 1.165) is 35.6 Å². The Labute approximate surface area is 257 Å². The SMILES string of the molecule is COc1cc(F)c(-c2nnc(CCC(=O)O)s2)cc1C(=O)N[C@H]1C(C(=O)Nc2cccc(S(=O)(=O)C(F)(F)F)c2)[C@@H]2CC[C@H]1C2. The van der Waals surface area contributed by atoms with Crippen LogP contribution in [0.2, 0.25) is 0 Å². The van der Waals surface area contributed by atoms with E-state index in [1.165, 1.54) is 19.2 Å². The number of fused-ring (bicyclic) bond motifs is 2. The average Bonchev–Trinajstić information content (AvgIpc) is 3.72. The zero-order valence-electron chi connectivity index (χ0n) is 23.4. The van der Waals surface area contributed by atoms with E-state index in [2.05, 4.69) is 20.8 Å². The molecule has 3 N–H and O–H groups in total. The lowest BCUT2D eigenvalue weighted by molar-refractivity contribution is -0.137. The second-order valence-electron chi connectivity index (χ2n) is 10.8. The molecule has 17 heteroatoms. The molecule has 3 aromatic rings. The van der Waals surface area contributed by atoms with Crippen molar-refractivity contribution in [2.24, 2.45) is 17.8 Å². The largest absolute Gasteiger partial charge is 0.501 e. The summed E-state index contributed by atoms with van der Waals surface area (Å²) in [4.78, 5) is 36.9. The van der Waals surface area contributed by atoms with Crippen molar-refractivity contribution in [2.45, 2.75) is 48.5 Å². The number of carbonyl (C=O) groups is 3. The fourth-order valence-corrected chi connectivity index (χ4v) is 7.61. The number of alkyl halides is 3. The highest BCUT2D eigenvalue weighted by molar-refractivity contribution is 7.92. The van der Waals surface area contributed by atoms with Crippen molar-refractivity contribution < 1.29 is 50.2 Å². The van der Waals surface area contributed by atoms with Crippen LogP contribution < -0.4 is 15.4 Å². The van der Waals surface area contributed by atoms with E-state index in [1.54, 1.807) is 0 Å². The maximum atomic E-state index is 15.0. The van der Waals surface area contributed by atoms with Crippen molar-refractivity contribution in [2.75, 3.05) is 12.4 Å². The first-order chi connectivity index (χ1) is 21.2. The van der Waals surface area contributed by atoms with Crippen molar-refractivity contribution >= 4 is 44.6 Å². The molecule has 2 aromatic carbocycles. The number of amides is 2. The van der Waals surface area contributed by atoms with Crippen LogP contribution in [0.25, 0.3) is 10.6 Å². The van der Waals surface area contributed by atoms with Crippen LogP contribution >= 0.6 is 11.3 Å². The smallest absolute Gasteiger partial charge is 0.496 e. The van der Waals surface area contributed by atoms with E-state index >= 15 is 4.39 Å². The molecule has 2 bridgehead atoms. The number of rotatable bonds is 10. The molecular formula is C28H26F4N4O7S2. The van der Waals surface area contributed by atoms with E-state index in [4.69, 9.17) is 9.84 Å². The number of sulfone groups is 1. The molecule has 5 rings (SSSR count). The van der Waals surface area contributed by atoms with Crippen LogP contribution in [-0.4, -0.2) is 60.2 Å². The van der Waals surface area contributed by atoms with Gasteiger partial charge in [0.25, 0.3) is 15.7 Å². The van der Waals surface area contributed by atoms with Gasteiger partial charge in [-0.2, -0.15) is 13.2 Å².